The number of carbonyl (C=O) groups excluding carboxylic acids is 1. The molecule has 3 rings (SSSR count). The van der Waals surface area contributed by atoms with Crippen LogP contribution in [0.1, 0.15) is 59.4 Å². The van der Waals surface area contributed by atoms with Crippen LogP contribution in [0.15, 0.2) is 39.5 Å². The van der Waals surface area contributed by atoms with Gasteiger partial charge in [0.15, 0.2) is 5.78 Å². The number of hydrogen-bond acceptors (Lipinski definition) is 4. The Labute approximate surface area is 143 Å². The van der Waals surface area contributed by atoms with Gasteiger partial charge in [-0.25, -0.2) is 4.79 Å². The lowest BCUT2D eigenvalue weighted by Gasteiger charge is -2.12. The van der Waals surface area contributed by atoms with Gasteiger partial charge in [0.2, 0.25) is 5.43 Å². The Hall–Kier alpha value is -2.95. The number of ketones is 1. The van der Waals surface area contributed by atoms with Crippen LogP contribution in [-0.4, -0.2) is 16.9 Å². The van der Waals surface area contributed by atoms with E-state index in [1.807, 2.05) is 13.8 Å². The molecule has 128 valence electrons. The zero-order chi connectivity index (χ0) is 18.3. The number of rotatable bonds is 4. The third-order valence-corrected chi connectivity index (χ3v) is 4.31. The van der Waals surface area contributed by atoms with Gasteiger partial charge in [0.05, 0.1) is 16.3 Å². The van der Waals surface area contributed by atoms with Crippen LogP contribution in [0.4, 0.5) is 0 Å². The summed E-state index contributed by atoms with van der Waals surface area (Å²) in [6.07, 6.45) is 0.338. The van der Waals surface area contributed by atoms with Crippen molar-refractivity contribution in [2.75, 3.05) is 0 Å². The second-order valence-electron chi connectivity index (χ2n) is 6.32. The molecule has 1 heterocycles. The third-order valence-electron chi connectivity index (χ3n) is 4.31. The number of fused-ring (bicyclic) bond motifs is 2. The minimum absolute atomic E-state index is 0.0176. The van der Waals surface area contributed by atoms with Gasteiger partial charge in [0, 0.05) is 12.0 Å². The molecule has 0 unspecified atom stereocenters. The van der Waals surface area contributed by atoms with E-state index in [0.29, 0.717) is 28.5 Å². The number of Topliss-reactive ketones (excluding diaryl/α,β-unsaturated/α-hetero) is 1. The van der Waals surface area contributed by atoms with Gasteiger partial charge in [-0.05, 0) is 41.8 Å². The molecule has 0 atom stereocenters. The van der Waals surface area contributed by atoms with Crippen LogP contribution in [0.3, 0.4) is 0 Å². The predicted molar refractivity (Wildman–Crippen MR) is 95.7 cm³/mol. The molecule has 0 bridgehead atoms. The van der Waals surface area contributed by atoms with Crippen molar-refractivity contribution in [3.63, 3.8) is 0 Å². The van der Waals surface area contributed by atoms with Crippen molar-refractivity contribution in [3.05, 3.63) is 57.2 Å². The fraction of sp³-hybridized carbons (Fsp3) is 0.250. The highest BCUT2D eigenvalue weighted by molar-refractivity contribution is 6.02. The second-order valence-corrected chi connectivity index (χ2v) is 6.32. The molecule has 5 heteroatoms. The minimum atomic E-state index is -1.11. The average molecular weight is 338 g/mol. The van der Waals surface area contributed by atoms with Crippen molar-refractivity contribution in [1.29, 1.82) is 0 Å². The number of carboxylic acids is 1. The maximum absolute atomic E-state index is 12.9. The van der Waals surface area contributed by atoms with Crippen LogP contribution in [0, 0.1) is 0 Å². The summed E-state index contributed by atoms with van der Waals surface area (Å²) in [5.41, 5.74) is 1.73. The average Bonchev–Trinajstić information content (AvgIpc) is 2.60. The lowest BCUT2D eigenvalue weighted by Crippen LogP contribution is -2.08. The first-order valence-electron chi connectivity index (χ1n) is 8.14. The fourth-order valence-electron chi connectivity index (χ4n) is 2.91. The normalized spacial score (nSPS) is 11.4. The highest BCUT2D eigenvalue weighted by Crippen LogP contribution is 2.29. The summed E-state index contributed by atoms with van der Waals surface area (Å²) >= 11 is 0. The molecule has 2 aromatic carbocycles. The van der Waals surface area contributed by atoms with Crippen molar-refractivity contribution in [2.45, 2.75) is 33.1 Å². The molecule has 0 saturated heterocycles. The summed E-state index contributed by atoms with van der Waals surface area (Å²) in [7, 11) is 0. The van der Waals surface area contributed by atoms with Gasteiger partial charge in [-0.3, -0.25) is 9.59 Å². The summed E-state index contributed by atoms with van der Waals surface area (Å²) in [4.78, 5) is 36.2. The monoisotopic (exact) mass is 338 g/mol. The Morgan fingerprint density at radius 2 is 1.76 bits per heavy atom. The summed E-state index contributed by atoms with van der Waals surface area (Å²) in [6, 6.07) is 7.54. The van der Waals surface area contributed by atoms with Gasteiger partial charge < -0.3 is 9.52 Å². The van der Waals surface area contributed by atoms with E-state index >= 15 is 0 Å². The summed E-state index contributed by atoms with van der Waals surface area (Å²) in [5.74, 6) is -1.10. The van der Waals surface area contributed by atoms with Gasteiger partial charge >= 0.3 is 5.97 Å². The molecule has 0 spiro atoms. The van der Waals surface area contributed by atoms with Gasteiger partial charge in [-0.15, -0.1) is 0 Å². The molecule has 0 fully saturated rings. The van der Waals surface area contributed by atoms with Crippen LogP contribution in [0.25, 0.3) is 21.9 Å². The van der Waals surface area contributed by atoms with Gasteiger partial charge in [-0.2, -0.15) is 0 Å². The van der Waals surface area contributed by atoms with Crippen molar-refractivity contribution < 1.29 is 19.1 Å². The van der Waals surface area contributed by atoms with Crippen LogP contribution < -0.4 is 5.43 Å². The van der Waals surface area contributed by atoms with Gasteiger partial charge in [0.1, 0.15) is 11.2 Å². The SMILES string of the molecule is CCC(=O)c1cc(C(C)C)c2oc3ccc(C(=O)O)cc3c(=O)c2c1. The Kier molecular flexibility index (Phi) is 4.17. The minimum Gasteiger partial charge on any atom is -0.478 e. The van der Waals surface area contributed by atoms with Crippen molar-refractivity contribution in [2.24, 2.45) is 0 Å². The summed E-state index contributed by atoms with van der Waals surface area (Å²) in [6.45, 7) is 5.70. The van der Waals surface area contributed by atoms with E-state index in [2.05, 4.69) is 0 Å². The fourth-order valence-corrected chi connectivity index (χ4v) is 2.91. The number of carboxylic acid groups (broad SMARTS) is 1. The second kappa shape index (κ2) is 6.16. The van der Waals surface area contributed by atoms with Crippen molar-refractivity contribution >= 4 is 33.7 Å². The quantitative estimate of drug-likeness (QED) is 0.564. The summed E-state index contributed by atoms with van der Waals surface area (Å²) < 4.78 is 5.92. The lowest BCUT2D eigenvalue weighted by atomic mass is 9.94. The molecule has 0 saturated carbocycles. The topological polar surface area (TPSA) is 84.6 Å². The first-order chi connectivity index (χ1) is 11.8. The maximum atomic E-state index is 12.9. The first kappa shape index (κ1) is 16.9. The van der Waals surface area contributed by atoms with E-state index in [4.69, 9.17) is 9.52 Å². The molecule has 25 heavy (non-hydrogen) atoms. The highest BCUT2D eigenvalue weighted by Gasteiger charge is 2.18. The van der Waals surface area contributed by atoms with E-state index in [9.17, 15) is 14.4 Å². The Morgan fingerprint density at radius 3 is 2.36 bits per heavy atom. The van der Waals surface area contributed by atoms with Crippen molar-refractivity contribution in [1.82, 2.24) is 0 Å². The molecule has 1 N–H and O–H groups in total. The van der Waals surface area contributed by atoms with Crippen LogP contribution in [0.5, 0.6) is 0 Å². The molecule has 1 aromatic heterocycles. The molecular formula is C20H18O5. The highest BCUT2D eigenvalue weighted by atomic mass is 16.4. The molecule has 5 nitrogen and oxygen atoms in total. The van der Waals surface area contributed by atoms with E-state index in [1.54, 1.807) is 19.1 Å². The largest absolute Gasteiger partial charge is 0.478 e. The predicted octanol–water partition coefficient (Wildman–Crippen LogP) is 4.36. The third kappa shape index (κ3) is 2.82. The molecule has 3 aromatic rings. The van der Waals surface area contributed by atoms with Gasteiger partial charge in [-0.1, -0.05) is 20.8 Å². The maximum Gasteiger partial charge on any atom is 0.335 e. The summed E-state index contributed by atoms with van der Waals surface area (Å²) in [5, 5.41) is 9.64. The number of hydrogen-bond donors (Lipinski definition) is 1. The number of aromatic carboxylic acids is 1. The molecule has 0 aliphatic heterocycles. The van der Waals surface area contributed by atoms with Crippen LogP contribution >= 0.6 is 0 Å². The molecule has 0 aliphatic rings. The zero-order valence-electron chi connectivity index (χ0n) is 14.3. The van der Waals surface area contributed by atoms with E-state index in [0.717, 1.165) is 5.56 Å². The number of carbonyl (C=O) groups is 2. The molecule has 0 radical (unpaired) electrons. The van der Waals surface area contributed by atoms with Crippen molar-refractivity contribution in [3.8, 4) is 0 Å². The number of benzene rings is 2. The standard InChI is InChI=1S/C20H18O5/c1-4-16(21)12-8-13(10(2)3)19-15(9-12)18(22)14-7-11(20(23)24)5-6-17(14)25-19/h5-10H,4H2,1-3H3,(H,23,24). The molecular weight excluding hydrogens is 320 g/mol. The Bertz CT molecular complexity index is 1070. The lowest BCUT2D eigenvalue weighted by molar-refractivity contribution is 0.0697. The van der Waals surface area contributed by atoms with Crippen LogP contribution in [0.2, 0.25) is 0 Å². The molecule has 0 aliphatic carbocycles. The first-order valence-corrected chi connectivity index (χ1v) is 8.14. The van der Waals surface area contributed by atoms with Crippen LogP contribution in [-0.2, 0) is 0 Å². The Balaban J connectivity index is 2.46. The molecule has 0 amide bonds. The smallest absolute Gasteiger partial charge is 0.335 e. The Morgan fingerprint density at radius 1 is 1.08 bits per heavy atom. The van der Waals surface area contributed by atoms with E-state index in [1.165, 1.54) is 18.2 Å². The van der Waals surface area contributed by atoms with E-state index < -0.39 is 5.97 Å². The van der Waals surface area contributed by atoms with Gasteiger partial charge in [0.25, 0.3) is 0 Å². The zero-order valence-corrected chi connectivity index (χ0v) is 14.3. The van der Waals surface area contributed by atoms with E-state index in [-0.39, 0.29) is 28.1 Å².